The van der Waals surface area contributed by atoms with Crippen LogP contribution < -0.4 is 16.7 Å². The first-order valence-corrected chi connectivity index (χ1v) is 3.75. The Morgan fingerprint density at radius 3 is 2.54 bits per heavy atom. The Morgan fingerprint density at radius 2 is 2.08 bits per heavy atom. The van der Waals surface area contributed by atoms with Crippen molar-refractivity contribution in [2.24, 2.45) is 5.84 Å². The van der Waals surface area contributed by atoms with Crippen LogP contribution in [0, 0.1) is 0 Å². The summed E-state index contributed by atoms with van der Waals surface area (Å²) >= 11 is 0. The van der Waals surface area contributed by atoms with Crippen molar-refractivity contribution in [3.8, 4) is 0 Å². The SMILES string of the molecule is NNc1ccc(B(O)O)cc1CO. The monoisotopic (exact) mass is 182 g/mol. The summed E-state index contributed by atoms with van der Waals surface area (Å²) in [7, 11) is -1.53. The summed E-state index contributed by atoms with van der Waals surface area (Å²) < 4.78 is 0. The fraction of sp³-hybridized carbons (Fsp3) is 0.143. The second kappa shape index (κ2) is 4.24. The summed E-state index contributed by atoms with van der Waals surface area (Å²) in [6.07, 6.45) is 0. The molecule has 1 aromatic carbocycles. The van der Waals surface area contributed by atoms with Crippen LogP contribution in [-0.4, -0.2) is 22.3 Å². The highest BCUT2D eigenvalue weighted by Gasteiger charge is 2.12. The van der Waals surface area contributed by atoms with E-state index in [1.165, 1.54) is 12.1 Å². The molecule has 0 aliphatic carbocycles. The molecule has 70 valence electrons. The van der Waals surface area contributed by atoms with Crippen LogP contribution in [0.4, 0.5) is 5.69 Å². The zero-order chi connectivity index (χ0) is 9.84. The van der Waals surface area contributed by atoms with E-state index in [2.05, 4.69) is 5.43 Å². The van der Waals surface area contributed by atoms with E-state index in [9.17, 15) is 0 Å². The van der Waals surface area contributed by atoms with Crippen LogP contribution in [0.15, 0.2) is 18.2 Å². The Balaban J connectivity index is 3.05. The van der Waals surface area contributed by atoms with Gasteiger partial charge in [-0.1, -0.05) is 12.1 Å². The first kappa shape index (κ1) is 10.0. The predicted octanol–water partition coefficient (Wildman–Crippen LogP) is -1.86. The lowest BCUT2D eigenvalue weighted by molar-refractivity contribution is 0.282. The predicted molar refractivity (Wildman–Crippen MR) is 50.0 cm³/mol. The molecule has 0 aromatic heterocycles. The van der Waals surface area contributed by atoms with E-state index in [0.29, 0.717) is 16.7 Å². The number of nitrogen functional groups attached to an aromatic ring is 1. The Hall–Kier alpha value is -1.08. The van der Waals surface area contributed by atoms with Gasteiger partial charge >= 0.3 is 7.12 Å². The van der Waals surface area contributed by atoms with Crippen molar-refractivity contribution < 1.29 is 15.2 Å². The van der Waals surface area contributed by atoms with Gasteiger partial charge in [-0.05, 0) is 11.5 Å². The van der Waals surface area contributed by atoms with Crippen LogP contribution in [0.5, 0.6) is 0 Å². The molecule has 0 amide bonds. The Kier molecular flexibility index (Phi) is 3.27. The molecule has 0 spiro atoms. The van der Waals surface area contributed by atoms with Crippen LogP contribution in [0.1, 0.15) is 5.56 Å². The number of aliphatic hydroxyl groups excluding tert-OH is 1. The molecule has 13 heavy (non-hydrogen) atoms. The van der Waals surface area contributed by atoms with Crippen molar-refractivity contribution in [2.45, 2.75) is 6.61 Å². The second-order valence-corrected chi connectivity index (χ2v) is 2.59. The number of rotatable bonds is 3. The van der Waals surface area contributed by atoms with E-state index in [1.54, 1.807) is 6.07 Å². The number of hydrogen-bond donors (Lipinski definition) is 5. The van der Waals surface area contributed by atoms with Crippen LogP contribution >= 0.6 is 0 Å². The molecule has 0 atom stereocenters. The number of nitrogens with two attached hydrogens (primary N) is 1. The highest BCUT2D eigenvalue weighted by molar-refractivity contribution is 6.58. The van der Waals surface area contributed by atoms with Gasteiger partial charge < -0.3 is 20.6 Å². The van der Waals surface area contributed by atoms with E-state index in [-0.39, 0.29) is 6.61 Å². The van der Waals surface area contributed by atoms with Gasteiger partial charge in [0.05, 0.1) is 12.3 Å². The first-order chi connectivity index (χ1) is 6.19. The van der Waals surface area contributed by atoms with Crippen molar-refractivity contribution in [2.75, 3.05) is 5.43 Å². The first-order valence-electron chi connectivity index (χ1n) is 3.75. The molecule has 0 saturated heterocycles. The molecule has 0 unspecified atom stereocenters. The summed E-state index contributed by atoms with van der Waals surface area (Å²) in [5.74, 6) is 5.17. The van der Waals surface area contributed by atoms with Crippen molar-refractivity contribution in [1.29, 1.82) is 0 Å². The van der Waals surface area contributed by atoms with Gasteiger partial charge in [0.15, 0.2) is 0 Å². The Morgan fingerprint density at radius 1 is 1.38 bits per heavy atom. The molecule has 0 bridgehead atoms. The maximum Gasteiger partial charge on any atom is 0.488 e. The second-order valence-electron chi connectivity index (χ2n) is 2.59. The number of hydrazine groups is 1. The minimum Gasteiger partial charge on any atom is -0.423 e. The molecule has 0 heterocycles. The average molecular weight is 182 g/mol. The molecule has 0 aliphatic heterocycles. The van der Waals surface area contributed by atoms with E-state index in [4.69, 9.17) is 21.0 Å². The van der Waals surface area contributed by atoms with E-state index >= 15 is 0 Å². The number of hydrogen-bond acceptors (Lipinski definition) is 5. The largest absolute Gasteiger partial charge is 0.488 e. The zero-order valence-corrected chi connectivity index (χ0v) is 6.94. The lowest BCUT2D eigenvalue weighted by Crippen LogP contribution is -2.30. The molecule has 0 aliphatic rings. The normalized spacial score (nSPS) is 9.85. The quantitative estimate of drug-likeness (QED) is 0.214. The summed E-state index contributed by atoms with van der Waals surface area (Å²) in [5.41, 5.74) is 3.79. The fourth-order valence-corrected chi connectivity index (χ4v) is 1.05. The molecule has 0 saturated carbocycles. The molecule has 1 rings (SSSR count). The van der Waals surface area contributed by atoms with Crippen molar-refractivity contribution >= 4 is 18.3 Å². The summed E-state index contributed by atoms with van der Waals surface area (Å²) in [4.78, 5) is 0. The average Bonchev–Trinajstić information content (AvgIpc) is 2.16. The van der Waals surface area contributed by atoms with Gasteiger partial charge in [0.25, 0.3) is 0 Å². The van der Waals surface area contributed by atoms with Crippen LogP contribution in [-0.2, 0) is 6.61 Å². The van der Waals surface area contributed by atoms with Crippen molar-refractivity contribution in [3.63, 3.8) is 0 Å². The minimum atomic E-state index is -1.53. The zero-order valence-electron chi connectivity index (χ0n) is 6.94. The van der Waals surface area contributed by atoms with Gasteiger partial charge in [0, 0.05) is 5.56 Å². The van der Waals surface area contributed by atoms with Crippen LogP contribution in [0.3, 0.4) is 0 Å². The summed E-state index contributed by atoms with van der Waals surface area (Å²) in [6, 6.07) is 4.55. The molecule has 0 radical (unpaired) electrons. The maximum atomic E-state index is 8.90. The third-order valence-corrected chi connectivity index (χ3v) is 1.75. The number of benzene rings is 1. The van der Waals surface area contributed by atoms with Gasteiger partial charge in [-0.25, -0.2) is 0 Å². The summed E-state index contributed by atoms with van der Waals surface area (Å²) in [5, 5.41) is 26.6. The summed E-state index contributed by atoms with van der Waals surface area (Å²) in [6.45, 7) is -0.208. The van der Waals surface area contributed by atoms with Gasteiger partial charge in [-0.3, -0.25) is 5.84 Å². The van der Waals surface area contributed by atoms with Crippen molar-refractivity contribution in [3.05, 3.63) is 23.8 Å². The van der Waals surface area contributed by atoms with Gasteiger partial charge in [-0.2, -0.15) is 0 Å². The van der Waals surface area contributed by atoms with Crippen LogP contribution in [0.2, 0.25) is 0 Å². The highest BCUT2D eigenvalue weighted by Crippen LogP contribution is 2.11. The third kappa shape index (κ3) is 2.19. The van der Waals surface area contributed by atoms with Gasteiger partial charge in [0.2, 0.25) is 0 Å². The molecular weight excluding hydrogens is 171 g/mol. The Labute approximate surface area is 75.9 Å². The molecule has 5 nitrogen and oxygen atoms in total. The smallest absolute Gasteiger partial charge is 0.423 e. The lowest BCUT2D eigenvalue weighted by atomic mass is 9.79. The number of anilines is 1. The topological polar surface area (TPSA) is 98.7 Å². The van der Waals surface area contributed by atoms with E-state index in [1.807, 2.05) is 0 Å². The number of nitrogens with one attached hydrogen (secondary N) is 1. The molecule has 0 fully saturated rings. The highest BCUT2D eigenvalue weighted by atomic mass is 16.4. The standard InChI is InChI=1S/C7H11BN2O3/c9-10-7-2-1-6(8(12)13)3-5(7)4-11/h1-3,10-13H,4,9H2. The van der Waals surface area contributed by atoms with Gasteiger partial charge in [0.1, 0.15) is 0 Å². The minimum absolute atomic E-state index is 0.208. The fourth-order valence-electron chi connectivity index (χ4n) is 1.05. The third-order valence-electron chi connectivity index (χ3n) is 1.75. The maximum absolute atomic E-state index is 8.90. The molecule has 6 N–H and O–H groups in total. The molecular formula is C7H11BN2O3. The van der Waals surface area contributed by atoms with E-state index < -0.39 is 7.12 Å². The molecule has 6 heteroatoms. The molecule has 1 aromatic rings. The van der Waals surface area contributed by atoms with Crippen LogP contribution in [0.25, 0.3) is 0 Å². The number of aliphatic hydroxyl groups is 1. The lowest BCUT2D eigenvalue weighted by Gasteiger charge is -2.08. The van der Waals surface area contributed by atoms with E-state index in [0.717, 1.165) is 0 Å². The Bertz CT molecular complexity index is 293. The van der Waals surface area contributed by atoms with Gasteiger partial charge in [-0.15, -0.1) is 0 Å². The van der Waals surface area contributed by atoms with Crippen molar-refractivity contribution in [1.82, 2.24) is 0 Å².